The Morgan fingerprint density at radius 3 is 2.65 bits per heavy atom. The molecule has 1 aromatic heterocycles. The van der Waals surface area contributed by atoms with E-state index in [9.17, 15) is 4.79 Å². The number of halogens is 1. The molecular weight excluding hydrogens is 320 g/mol. The van der Waals surface area contributed by atoms with E-state index < -0.39 is 0 Å². The number of nitrogens with one attached hydrogen (secondary N) is 1. The molecule has 0 bridgehead atoms. The molecule has 0 radical (unpaired) electrons. The van der Waals surface area contributed by atoms with Crippen LogP contribution in [-0.4, -0.2) is 19.1 Å². The van der Waals surface area contributed by atoms with Crippen LogP contribution in [0.25, 0.3) is 0 Å². The van der Waals surface area contributed by atoms with Crippen molar-refractivity contribution in [1.29, 1.82) is 0 Å². The molecule has 0 aliphatic heterocycles. The van der Waals surface area contributed by atoms with Crippen molar-refractivity contribution in [2.24, 2.45) is 5.73 Å². The van der Waals surface area contributed by atoms with Gasteiger partial charge >= 0.3 is 0 Å². The molecule has 1 aromatic carbocycles. The van der Waals surface area contributed by atoms with Gasteiger partial charge in [0.1, 0.15) is 23.5 Å². The van der Waals surface area contributed by atoms with Gasteiger partial charge in [0.25, 0.3) is 5.91 Å². The molecule has 0 spiro atoms. The molecular formula is C16H21ClN2O4. The minimum Gasteiger partial charge on any atom is -0.497 e. The van der Waals surface area contributed by atoms with Crippen molar-refractivity contribution in [1.82, 2.24) is 0 Å². The number of hydrogen-bond acceptors (Lipinski definition) is 5. The van der Waals surface area contributed by atoms with Crippen molar-refractivity contribution in [3.8, 4) is 11.5 Å². The topological polar surface area (TPSA) is 86.7 Å². The van der Waals surface area contributed by atoms with Gasteiger partial charge in [-0.05, 0) is 32.0 Å². The predicted molar refractivity (Wildman–Crippen MR) is 90.6 cm³/mol. The van der Waals surface area contributed by atoms with Crippen LogP contribution in [0.5, 0.6) is 11.5 Å². The fourth-order valence-corrected chi connectivity index (χ4v) is 1.89. The molecule has 3 N–H and O–H groups in total. The molecule has 0 fully saturated rings. The van der Waals surface area contributed by atoms with E-state index in [0.717, 1.165) is 0 Å². The summed E-state index contributed by atoms with van der Waals surface area (Å²) in [6, 6.07) is 6.85. The molecule has 1 amide bonds. The summed E-state index contributed by atoms with van der Waals surface area (Å²) < 4.78 is 16.0. The number of furan rings is 1. The third-order valence-electron chi connectivity index (χ3n) is 2.91. The van der Waals surface area contributed by atoms with E-state index in [1.54, 1.807) is 31.4 Å². The van der Waals surface area contributed by atoms with Gasteiger partial charge in [-0.25, -0.2) is 0 Å². The lowest BCUT2D eigenvalue weighted by molar-refractivity contribution is 0.102. The summed E-state index contributed by atoms with van der Waals surface area (Å²) >= 11 is 0. The van der Waals surface area contributed by atoms with Crippen LogP contribution >= 0.6 is 12.4 Å². The highest BCUT2D eigenvalue weighted by molar-refractivity contribution is 6.05. The van der Waals surface area contributed by atoms with Gasteiger partial charge in [-0.1, -0.05) is 0 Å². The Kier molecular flexibility index (Phi) is 6.93. The second-order valence-electron chi connectivity index (χ2n) is 4.99. The van der Waals surface area contributed by atoms with Crippen molar-refractivity contribution >= 4 is 24.0 Å². The number of carbonyl (C=O) groups excluding carboxylic acids is 1. The van der Waals surface area contributed by atoms with E-state index >= 15 is 0 Å². The molecule has 23 heavy (non-hydrogen) atoms. The zero-order chi connectivity index (χ0) is 16.1. The molecule has 0 aliphatic carbocycles. The lowest BCUT2D eigenvalue weighted by atomic mass is 10.2. The minimum absolute atomic E-state index is 0. The number of amides is 1. The Balaban J connectivity index is 0.00000264. The van der Waals surface area contributed by atoms with Crippen LogP contribution in [0.4, 0.5) is 5.69 Å². The Labute approximate surface area is 141 Å². The first-order chi connectivity index (χ1) is 10.5. The van der Waals surface area contributed by atoms with Gasteiger partial charge < -0.3 is 24.9 Å². The second kappa shape index (κ2) is 8.45. The number of methoxy groups -OCH3 is 1. The number of benzene rings is 1. The first-order valence-electron chi connectivity index (χ1n) is 6.97. The molecule has 0 saturated carbocycles. The highest BCUT2D eigenvalue weighted by Crippen LogP contribution is 2.30. The summed E-state index contributed by atoms with van der Waals surface area (Å²) in [5, 5.41) is 2.80. The maximum absolute atomic E-state index is 12.3. The van der Waals surface area contributed by atoms with Crippen molar-refractivity contribution in [3.05, 3.63) is 41.9 Å². The second-order valence-corrected chi connectivity index (χ2v) is 4.99. The van der Waals surface area contributed by atoms with Crippen LogP contribution in [0.1, 0.15) is 30.0 Å². The van der Waals surface area contributed by atoms with Gasteiger partial charge in [0.2, 0.25) is 0 Å². The third kappa shape index (κ3) is 4.91. The number of ether oxygens (including phenoxy) is 2. The number of anilines is 1. The molecule has 7 heteroatoms. The molecule has 0 unspecified atom stereocenters. The summed E-state index contributed by atoms with van der Waals surface area (Å²) in [7, 11) is 1.56. The SMILES string of the molecule is COc1ccc(OC(C)C)c(NC(=O)c2coc(CN)c2)c1.Cl. The molecule has 6 nitrogen and oxygen atoms in total. The lowest BCUT2D eigenvalue weighted by Crippen LogP contribution is -2.14. The van der Waals surface area contributed by atoms with E-state index in [-0.39, 0.29) is 31.0 Å². The molecule has 126 valence electrons. The van der Waals surface area contributed by atoms with Crippen LogP contribution in [0.15, 0.2) is 34.9 Å². The lowest BCUT2D eigenvalue weighted by Gasteiger charge is -2.15. The van der Waals surface area contributed by atoms with E-state index in [1.165, 1.54) is 6.26 Å². The zero-order valence-corrected chi connectivity index (χ0v) is 14.1. The standard InChI is InChI=1S/C16H20N2O4.ClH/c1-10(2)22-15-5-4-12(20-3)7-14(15)18-16(19)11-6-13(8-17)21-9-11;/h4-7,9-10H,8,17H2,1-3H3,(H,18,19);1H. The Hall–Kier alpha value is -2.18. The summed E-state index contributed by atoms with van der Waals surface area (Å²) in [4.78, 5) is 12.3. The Morgan fingerprint density at radius 1 is 1.35 bits per heavy atom. The van der Waals surface area contributed by atoms with Crippen LogP contribution in [0.2, 0.25) is 0 Å². The van der Waals surface area contributed by atoms with E-state index in [1.807, 2.05) is 13.8 Å². The quantitative estimate of drug-likeness (QED) is 0.843. The summed E-state index contributed by atoms with van der Waals surface area (Å²) in [5.74, 6) is 1.45. The maximum atomic E-state index is 12.3. The summed E-state index contributed by atoms with van der Waals surface area (Å²) in [6.07, 6.45) is 1.36. The van der Waals surface area contributed by atoms with Gasteiger partial charge in [-0.2, -0.15) is 0 Å². The van der Waals surface area contributed by atoms with Crippen molar-refractivity contribution in [2.75, 3.05) is 12.4 Å². The van der Waals surface area contributed by atoms with E-state index in [4.69, 9.17) is 19.6 Å². The fourth-order valence-electron chi connectivity index (χ4n) is 1.89. The van der Waals surface area contributed by atoms with Gasteiger partial charge in [0.15, 0.2) is 0 Å². The number of rotatable bonds is 6. The summed E-state index contributed by atoms with van der Waals surface area (Å²) in [5.41, 5.74) is 6.41. The third-order valence-corrected chi connectivity index (χ3v) is 2.91. The average molecular weight is 341 g/mol. The van der Waals surface area contributed by atoms with Crippen LogP contribution < -0.4 is 20.5 Å². The highest BCUT2D eigenvalue weighted by Gasteiger charge is 2.14. The van der Waals surface area contributed by atoms with Crippen molar-refractivity contribution < 1.29 is 18.7 Å². The highest BCUT2D eigenvalue weighted by atomic mass is 35.5. The molecule has 2 aromatic rings. The number of nitrogens with two attached hydrogens (primary N) is 1. The smallest absolute Gasteiger partial charge is 0.259 e. The largest absolute Gasteiger partial charge is 0.497 e. The monoisotopic (exact) mass is 340 g/mol. The minimum atomic E-state index is -0.301. The van der Waals surface area contributed by atoms with Gasteiger partial charge in [-0.3, -0.25) is 4.79 Å². The normalized spacial score (nSPS) is 10.1. The Morgan fingerprint density at radius 2 is 2.09 bits per heavy atom. The van der Waals surface area contributed by atoms with Gasteiger partial charge in [0, 0.05) is 6.07 Å². The molecule has 1 heterocycles. The molecule has 0 atom stereocenters. The first kappa shape index (κ1) is 18.9. The van der Waals surface area contributed by atoms with E-state index in [2.05, 4.69) is 5.32 Å². The van der Waals surface area contributed by atoms with Crippen molar-refractivity contribution in [3.63, 3.8) is 0 Å². The zero-order valence-electron chi connectivity index (χ0n) is 13.3. The summed E-state index contributed by atoms with van der Waals surface area (Å²) in [6.45, 7) is 4.08. The maximum Gasteiger partial charge on any atom is 0.259 e. The van der Waals surface area contributed by atoms with E-state index in [0.29, 0.717) is 28.5 Å². The molecule has 0 aliphatic rings. The van der Waals surface area contributed by atoms with Gasteiger partial charge in [-0.15, -0.1) is 12.4 Å². The first-order valence-corrected chi connectivity index (χ1v) is 6.97. The number of hydrogen-bond donors (Lipinski definition) is 2. The Bertz CT molecular complexity index is 655. The van der Waals surface area contributed by atoms with Gasteiger partial charge in [0.05, 0.1) is 31.0 Å². The average Bonchev–Trinajstić information content (AvgIpc) is 2.97. The number of carbonyl (C=O) groups is 1. The van der Waals surface area contributed by atoms with Crippen LogP contribution in [0.3, 0.4) is 0 Å². The fraction of sp³-hybridized carbons (Fsp3) is 0.312. The van der Waals surface area contributed by atoms with Crippen LogP contribution in [0, 0.1) is 0 Å². The molecule has 2 rings (SSSR count). The van der Waals surface area contributed by atoms with Crippen molar-refractivity contribution in [2.45, 2.75) is 26.5 Å². The van der Waals surface area contributed by atoms with Crippen LogP contribution in [-0.2, 0) is 6.54 Å². The predicted octanol–water partition coefficient (Wildman–Crippen LogP) is 3.21. The molecule has 0 saturated heterocycles.